The second-order valence-corrected chi connectivity index (χ2v) is 9.26. The lowest BCUT2D eigenvalue weighted by atomic mass is 9.76. The molecule has 2 atom stereocenters. The molecule has 3 heterocycles. The standard InChI is InChI=1S/C25H30N4O2/c1-24(26,16-18-7-3-2-4-8-18)23-29-28-22(30-23)15-19-17-25(11-13-27-14-12-25)31-21-10-6-5-9-20(19)21/h2-10,19,27H,11-17,26H2,1H3/t19?,24-/m1/s1. The number of benzene rings is 2. The van der Waals surface area contributed by atoms with E-state index in [1.54, 1.807) is 0 Å². The number of nitrogens with zero attached hydrogens (tertiary/aromatic N) is 2. The van der Waals surface area contributed by atoms with Gasteiger partial charge in [-0.2, -0.15) is 0 Å². The molecule has 1 unspecified atom stereocenters. The Morgan fingerprint density at radius 1 is 1.06 bits per heavy atom. The number of ether oxygens (including phenoxy) is 1. The van der Waals surface area contributed by atoms with Crippen molar-refractivity contribution in [3.63, 3.8) is 0 Å². The molecule has 6 heteroatoms. The highest BCUT2D eigenvalue weighted by atomic mass is 16.5. The van der Waals surface area contributed by atoms with Gasteiger partial charge in [0, 0.05) is 12.3 Å². The molecule has 6 nitrogen and oxygen atoms in total. The first-order chi connectivity index (χ1) is 15.0. The van der Waals surface area contributed by atoms with Gasteiger partial charge in [-0.25, -0.2) is 0 Å². The van der Waals surface area contributed by atoms with Gasteiger partial charge in [0.2, 0.25) is 11.8 Å². The Labute approximate surface area is 183 Å². The molecule has 0 bridgehead atoms. The lowest BCUT2D eigenvalue weighted by Crippen LogP contribution is -2.49. The molecule has 162 valence electrons. The van der Waals surface area contributed by atoms with Crippen LogP contribution in [-0.4, -0.2) is 28.9 Å². The summed E-state index contributed by atoms with van der Waals surface area (Å²) in [5.41, 5.74) is 8.14. The van der Waals surface area contributed by atoms with Crippen LogP contribution in [0.4, 0.5) is 0 Å². The van der Waals surface area contributed by atoms with Crippen LogP contribution in [-0.2, 0) is 18.4 Å². The third-order valence-electron chi connectivity index (χ3n) is 6.61. The van der Waals surface area contributed by atoms with E-state index in [9.17, 15) is 0 Å². The topological polar surface area (TPSA) is 86.2 Å². The fourth-order valence-corrected chi connectivity index (χ4v) is 4.99. The van der Waals surface area contributed by atoms with Crippen LogP contribution in [0.15, 0.2) is 59.0 Å². The van der Waals surface area contributed by atoms with E-state index in [4.69, 9.17) is 14.9 Å². The SMILES string of the molecule is C[C@@](N)(Cc1ccccc1)c1nnc(CC2CC3(CCNCC3)Oc3ccccc32)o1. The van der Waals surface area contributed by atoms with Crippen LogP contribution < -0.4 is 15.8 Å². The number of piperidine rings is 1. The Kier molecular flexibility index (Phi) is 5.28. The summed E-state index contributed by atoms with van der Waals surface area (Å²) in [5, 5.41) is 12.2. The molecule has 2 aromatic carbocycles. The summed E-state index contributed by atoms with van der Waals surface area (Å²) >= 11 is 0. The zero-order valence-corrected chi connectivity index (χ0v) is 18.0. The van der Waals surface area contributed by atoms with Crippen molar-refractivity contribution >= 4 is 0 Å². The highest BCUT2D eigenvalue weighted by Crippen LogP contribution is 2.45. The van der Waals surface area contributed by atoms with Crippen LogP contribution in [0, 0.1) is 0 Å². The molecular weight excluding hydrogens is 388 g/mol. The number of hydrogen-bond acceptors (Lipinski definition) is 6. The quantitative estimate of drug-likeness (QED) is 0.657. The highest BCUT2D eigenvalue weighted by molar-refractivity contribution is 5.40. The van der Waals surface area contributed by atoms with E-state index >= 15 is 0 Å². The van der Waals surface area contributed by atoms with E-state index in [1.165, 1.54) is 5.56 Å². The summed E-state index contributed by atoms with van der Waals surface area (Å²) < 4.78 is 12.6. The maximum absolute atomic E-state index is 6.58. The fraction of sp³-hybridized carbons (Fsp3) is 0.440. The summed E-state index contributed by atoms with van der Waals surface area (Å²) in [5.74, 6) is 2.41. The molecule has 0 aliphatic carbocycles. The van der Waals surface area contributed by atoms with Crippen molar-refractivity contribution in [1.82, 2.24) is 15.5 Å². The predicted molar refractivity (Wildman–Crippen MR) is 119 cm³/mol. The maximum Gasteiger partial charge on any atom is 0.236 e. The highest BCUT2D eigenvalue weighted by Gasteiger charge is 2.42. The second kappa shape index (κ2) is 8.09. The summed E-state index contributed by atoms with van der Waals surface area (Å²) in [6, 6.07) is 18.5. The fourth-order valence-electron chi connectivity index (χ4n) is 4.99. The average molecular weight is 419 g/mol. The third-order valence-corrected chi connectivity index (χ3v) is 6.61. The first-order valence-corrected chi connectivity index (χ1v) is 11.2. The van der Waals surface area contributed by atoms with Crippen molar-refractivity contribution in [2.45, 2.75) is 56.1 Å². The molecule has 1 aromatic heterocycles. The number of fused-ring (bicyclic) bond motifs is 1. The van der Waals surface area contributed by atoms with Crippen LogP contribution in [0.5, 0.6) is 5.75 Å². The van der Waals surface area contributed by atoms with E-state index in [0.29, 0.717) is 24.6 Å². The summed E-state index contributed by atoms with van der Waals surface area (Å²) in [7, 11) is 0. The van der Waals surface area contributed by atoms with Crippen LogP contribution in [0.1, 0.15) is 55.0 Å². The zero-order valence-electron chi connectivity index (χ0n) is 18.0. The third kappa shape index (κ3) is 4.23. The Hall–Kier alpha value is -2.70. The van der Waals surface area contributed by atoms with Gasteiger partial charge in [0.15, 0.2) is 0 Å². The van der Waals surface area contributed by atoms with E-state index in [0.717, 1.165) is 43.7 Å². The normalized spacial score (nSPS) is 21.8. The van der Waals surface area contributed by atoms with Crippen LogP contribution in [0.3, 0.4) is 0 Å². The van der Waals surface area contributed by atoms with Crippen molar-refractivity contribution in [3.05, 3.63) is 77.5 Å². The molecule has 3 N–H and O–H groups in total. The average Bonchev–Trinajstić information content (AvgIpc) is 3.24. The molecule has 1 saturated heterocycles. The van der Waals surface area contributed by atoms with Gasteiger partial charge in [-0.1, -0.05) is 48.5 Å². The predicted octanol–water partition coefficient (Wildman–Crippen LogP) is 3.72. The van der Waals surface area contributed by atoms with Gasteiger partial charge in [0.05, 0.1) is 5.54 Å². The smallest absolute Gasteiger partial charge is 0.236 e. The van der Waals surface area contributed by atoms with Crippen molar-refractivity contribution in [1.29, 1.82) is 0 Å². The first kappa shape index (κ1) is 20.2. The van der Waals surface area contributed by atoms with E-state index < -0.39 is 5.54 Å². The molecule has 0 amide bonds. The van der Waals surface area contributed by atoms with Crippen LogP contribution >= 0.6 is 0 Å². The van der Waals surface area contributed by atoms with Crippen molar-refractivity contribution in [2.24, 2.45) is 5.73 Å². The van der Waals surface area contributed by atoms with Gasteiger partial charge in [0.1, 0.15) is 11.4 Å². The van der Waals surface area contributed by atoms with Crippen molar-refractivity contribution in [2.75, 3.05) is 13.1 Å². The van der Waals surface area contributed by atoms with E-state index in [-0.39, 0.29) is 11.5 Å². The number of nitrogens with one attached hydrogen (secondary N) is 1. The van der Waals surface area contributed by atoms with Gasteiger partial charge in [0.25, 0.3) is 0 Å². The number of para-hydroxylation sites is 1. The lowest BCUT2D eigenvalue weighted by molar-refractivity contribution is 0.00660. The van der Waals surface area contributed by atoms with E-state index in [1.807, 2.05) is 31.2 Å². The maximum atomic E-state index is 6.58. The molecule has 5 rings (SSSR count). The second-order valence-electron chi connectivity index (χ2n) is 9.26. The van der Waals surface area contributed by atoms with Gasteiger partial charge in [-0.15, -0.1) is 10.2 Å². The van der Waals surface area contributed by atoms with Crippen LogP contribution in [0.25, 0.3) is 0 Å². The molecule has 3 aromatic rings. The molecule has 1 fully saturated rings. The molecule has 2 aliphatic rings. The monoisotopic (exact) mass is 418 g/mol. The first-order valence-electron chi connectivity index (χ1n) is 11.2. The molecule has 31 heavy (non-hydrogen) atoms. The number of aromatic nitrogens is 2. The Morgan fingerprint density at radius 3 is 2.61 bits per heavy atom. The minimum Gasteiger partial charge on any atom is -0.487 e. The summed E-state index contributed by atoms with van der Waals surface area (Å²) in [4.78, 5) is 0. The Balaban J connectivity index is 1.37. The minimum absolute atomic E-state index is 0.108. The lowest BCUT2D eigenvalue weighted by Gasteiger charge is -2.44. The number of rotatable bonds is 5. The summed E-state index contributed by atoms with van der Waals surface area (Å²) in [6.07, 6.45) is 4.35. The van der Waals surface area contributed by atoms with Gasteiger partial charge < -0.3 is 20.2 Å². The number of hydrogen-bond donors (Lipinski definition) is 2. The van der Waals surface area contributed by atoms with Crippen LogP contribution in [0.2, 0.25) is 0 Å². The zero-order chi connectivity index (χ0) is 21.3. The van der Waals surface area contributed by atoms with Crippen molar-refractivity contribution < 1.29 is 9.15 Å². The van der Waals surface area contributed by atoms with E-state index in [2.05, 4.69) is 45.8 Å². The molecule has 2 aliphatic heterocycles. The summed E-state index contributed by atoms with van der Waals surface area (Å²) in [6.45, 7) is 3.93. The minimum atomic E-state index is -0.712. The molecular formula is C25H30N4O2. The molecule has 0 saturated carbocycles. The Morgan fingerprint density at radius 2 is 1.81 bits per heavy atom. The number of nitrogens with two attached hydrogens (primary N) is 1. The van der Waals surface area contributed by atoms with Crippen molar-refractivity contribution in [3.8, 4) is 5.75 Å². The Bertz CT molecular complexity index is 1020. The largest absolute Gasteiger partial charge is 0.487 e. The molecule has 0 radical (unpaired) electrons. The molecule has 1 spiro atoms. The van der Waals surface area contributed by atoms with Gasteiger partial charge in [-0.3, -0.25) is 0 Å². The van der Waals surface area contributed by atoms with Gasteiger partial charge >= 0.3 is 0 Å². The van der Waals surface area contributed by atoms with Gasteiger partial charge in [-0.05, 0) is 62.9 Å².